The molecule has 5 rings (SSSR count). The lowest BCUT2D eigenvalue weighted by molar-refractivity contribution is -0.110. The van der Waals surface area contributed by atoms with E-state index in [1.54, 1.807) is 32.2 Å². The van der Waals surface area contributed by atoms with Gasteiger partial charge in [0, 0.05) is 11.3 Å². The Kier molecular flexibility index (Phi) is 10.2. The molecule has 6 nitrogen and oxygen atoms in total. The first-order valence-corrected chi connectivity index (χ1v) is 15.3. The van der Waals surface area contributed by atoms with E-state index in [2.05, 4.69) is 33.8 Å². The maximum atomic E-state index is 13.9. The lowest BCUT2D eigenvalue weighted by Crippen LogP contribution is -2.25. The van der Waals surface area contributed by atoms with Crippen molar-refractivity contribution in [2.24, 2.45) is 10.9 Å². The molecule has 236 valence electrons. The summed E-state index contributed by atoms with van der Waals surface area (Å²) < 4.78 is 47.0. The second-order valence-corrected chi connectivity index (χ2v) is 11.4. The topological polar surface area (TPSA) is 86.5 Å². The van der Waals surface area contributed by atoms with Gasteiger partial charge in [-0.05, 0) is 108 Å². The number of amides is 1. The molecule has 0 saturated heterocycles. The Morgan fingerprint density at radius 3 is 2.48 bits per heavy atom. The van der Waals surface area contributed by atoms with E-state index >= 15 is 0 Å². The number of carbonyl (C=O) groups is 1. The summed E-state index contributed by atoms with van der Waals surface area (Å²) in [4.78, 5) is 17.8. The number of ether oxygens (including phenoxy) is 1. The molecule has 1 aliphatic rings. The van der Waals surface area contributed by atoms with Crippen molar-refractivity contribution in [3.63, 3.8) is 0 Å². The zero-order chi connectivity index (χ0) is 32.7. The fourth-order valence-electron chi connectivity index (χ4n) is 5.24. The van der Waals surface area contributed by atoms with Crippen LogP contribution in [-0.2, 0) is 4.79 Å². The van der Waals surface area contributed by atoms with Crippen molar-refractivity contribution in [3.8, 4) is 11.8 Å². The Balaban J connectivity index is 1.48. The number of carbonyl (C=O) groups excluding carboxylic acids is 1. The van der Waals surface area contributed by atoms with E-state index in [0.29, 0.717) is 11.6 Å². The summed E-state index contributed by atoms with van der Waals surface area (Å²) in [6.07, 6.45) is -1.50. The molecular weight excluding hydrogens is 589 g/mol. The number of halogens is 3. The van der Waals surface area contributed by atoms with Gasteiger partial charge < -0.3 is 15.4 Å². The molecule has 4 aromatic rings. The predicted molar refractivity (Wildman–Crippen MR) is 175 cm³/mol. The molecular formula is C37H35F3N4O2. The average molecular weight is 625 g/mol. The highest BCUT2D eigenvalue weighted by Crippen LogP contribution is 2.33. The minimum atomic E-state index is -4.63. The van der Waals surface area contributed by atoms with Gasteiger partial charge in [-0.25, -0.2) is 4.99 Å². The third-order valence-corrected chi connectivity index (χ3v) is 7.84. The number of benzene rings is 4. The molecule has 1 amide bonds. The highest BCUT2D eigenvalue weighted by atomic mass is 19.4. The molecule has 1 saturated carbocycles. The van der Waals surface area contributed by atoms with E-state index < -0.39 is 23.4 Å². The van der Waals surface area contributed by atoms with E-state index in [4.69, 9.17) is 4.74 Å². The lowest BCUT2D eigenvalue weighted by Gasteiger charge is -2.21. The van der Waals surface area contributed by atoms with Crippen LogP contribution in [0.5, 0.6) is 5.75 Å². The molecule has 1 fully saturated rings. The van der Waals surface area contributed by atoms with Crippen LogP contribution in [0.1, 0.15) is 55.3 Å². The summed E-state index contributed by atoms with van der Waals surface area (Å²) in [5, 5.41) is 17.8. The number of allylic oxidation sites excluding steroid dienone is 1. The standard InChI is InChI=1S/C37H35F3N4O2/c1-3-6-30(37(38,39)40)21-34(43-31-9-4-7-25(17-31)22-41)36(45)44-32-10-5-8-28(19-32)35(42-23-24-11-12-24)29-14-13-27-20-33(46-2)16-15-26(27)18-29/h4-5,7-10,13-21,24,35,42H,3,6,11-12,23H2,1-2H3,(H,44,45)/b30-21+,43-34?. The first kappa shape index (κ1) is 32.5. The molecule has 0 aliphatic heterocycles. The number of anilines is 1. The van der Waals surface area contributed by atoms with Gasteiger partial charge in [-0.3, -0.25) is 4.79 Å². The van der Waals surface area contributed by atoms with Crippen molar-refractivity contribution in [3.05, 3.63) is 113 Å². The van der Waals surface area contributed by atoms with E-state index in [1.807, 2.05) is 42.5 Å². The van der Waals surface area contributed by atoms with Gasteiger partial charge in [-0.2, -0.15) is 18.4 Å². The molecule has 0 heterocycles. The highest BCUT2D eigenvalue weighted by molar-refractivity contribution is 6.47. The van der Waals surface area contributed by atoms with Crippen molar-refractivity contribution in [2.45, 2.75) is 44.8 Å². The van der Waals surface area contributed by atoms with Crippen LogP contribution in [0.3, 0.4) is 0 Å². The number of nitrogens with one attached hydrogen (secondary N) is 2. The number of fused-ring (bicyclic) bond motifs is 1. The number of hydrogen-bond acceptors (Lipinski definition) is 5. The molecule has 0 radical (unpaired) electrons. The molecule has 46 heavy (non-hydrogen) atoms. The Morgan fingerprint density at radius 2 is 1.76 bits per heavy atom. The van der Waals surface area contributed by atoms with Gasteiger partial charge in [0.15, 0.2) is 0 Å². The van der Waals surface area contributed by atoms with Crippen LogP contribution < -0.4 is 15.4 Å². The van der Waals surface area contributed by atoms with Gasteiger partial charge in [-0.1, -0.05) is 49.7 Å². The summed E-state index contributed by atoms with van der Waals surface area (Å²) in [5.41, 5.74) is 1.57. The number of nitriles is 1. The number of alkyl halides is 3. The van der Waals surface area contributed by atoms with Crippen LogP contribution in [-0.4, -0.2) is 31.4 Å². The number of hydrogen-bond donors (Lipinski definition) is 2. The van der Waals surface area contributed by atoms with Gasteiger partial charge in [0.2, 0.25) is 0 Å². The zero-order valence-corrected chi connectivity index (χ0v) is 25.7. The van der Waals surface area contributed by atoms with Gasteiger partial charge in [0.25, 0.3) is 5.91 Å². The minimum Gasteiger partial charge on any atom is -0.497 e. The molecule has 4 aromatic carbocycles. The zero-order valence-electron chi connectivity index (χ0n) is 25.7. The molecule has 1 atom stereocenters. The van der Waals surface area contributed by atoms with Crippen molar-refractivity contribution in [1.82, 2.24) is 5.32 Å². The predicted octanol–water partition coefficient (Wildman–Crippen LogP) is 8.81. The summed E-state index contributed by atoms with van der Waals surface area (Å²) in [7, 11) is 1.64. The van der Waals surface area contributed by atoms with Gasteiger partial charge in [0.1, 0.15) is 11.5 Å². The fourth-order valence-corrected chi connectivity index (χ4v) is 5.24. The maximum Gasteiger partial charge on any atom is 0.412 e. The first-order valence-electron chi connectivity index (χ1n) is 15.3. The van der Waals surface area contributed by atoms with Gasteiger partial charge in [0.05, 0.1) is 30.5 Å². The number of aliphatic imine (C=N–C) groups is 1. The molecule has 1 unspecified atom stereocenters. The highest BCUT2D eigenvalue weighted by Gasteiger charge is 2.33. The normalized spacial score (nSPS) is 14.5. The Hall–Kier alpha value is -4.94. The number of nitrogens with zero attached hydrogens (tertiary/aromatic N) is 2. The van der Waals surface area contributed by atoms with Crippen molar-refractivity contribution < 1.29 is 22.7 Å². The van der Waals surface area contributed by atoms with Crippen molar-refractivity contribution >= 4 is 33.8 Å². The van der Waals surface area contributed by atoms with Crippen LogP contribution in [0.2, 0.25) is 0 Å². The first-order chi connectivity index (χ1) is 22.2. The fraction of sp³-hybridized carbons (Fsp3) is 0.270. The van der Waals surface area contributed by atoms with E-state index in [9.17, 15) is 23.2 Å². The smallest absolute Gasteiger partial charge is 0.412 e. The third-order valence-electron chi connectivity index (χ3n) is 7.84. The summed E-state index contributed by atoms with van der Waals surface area (Å²) in [5.74, 6) is 0.602. The molecule has 0 bridgehead atoms. The lowest BCUT2D eigenvalue weighted by atomic mass is 9.95. The molecule has 0 spiro atoms. The van der Waals surface area contributed by atoms with Crippen molar-refractivity contribution in [1.29, 1.82) is 5.26 Å². The molecule has 2 N–H and O–H groups in total. The third kappa shape index (κ3) is 8.40. The maximum absolute atomic E-state index is 13.9. The molecule has 0 aromatic heterocycles. The van der Waals surface area contributed by atoms with Gasteiger partial charge >= 0.3 is 6.18 Å². The second kappa shape index (κ2) is 14.4. The number of rotatable bonds is 12. The van der Waals surface area contributed by atoms with Crippen LogP contribution in [0.25, 0.3) is 10.8 Å². The largest absolute Gasteiger partial charge is 0.497 e. The summed E-state index contributed by atoms with van der Waals surface area (Å²) in [6.45, 7) is 2.47. The Bertz CT molecular complexity index is 1820. The SMILES string of the molecule is CCC/C(=C\C(=Nc1cccc(C#N)c1)C(=O)Nc1cccc(C(NCC2CC2)c2ccc3cc(OC)ccc3c2)c1)C(F)(F)F. The Morgan fingerprint density at radius 1 is 1.02 bits per heavy atom. The summed E-state index contributed by atoms with van der Waals surface area (Å²) >= 11 is 0. The minimum absolute atomic E-state index is 0.188. The average Bonchev–Trinajstić information content (AvgIpc) is 3.88. The van der Waals surface area contributed by atoms with Crippen molar-refractivity contribution in [2.75, 3.05) is 19.0 Å². The van der Waals surface area contributed by atoms with E-state index in [-0.39, 0.29) is 30.1 Å². The molecule has 9 heteroatoms. The monoisotopic (exact) mass is 624 g/mol. The van der Waals surface area contributed by atoms with E-state index in [1.165, 1.54) is 25.0 Å². The summed E-state index contributed by atoms with van der Waals surface area (Å²) in [6, 6.07) is 27.3. The van der Waals surface area contributed by atoms with Crippen LogP contribution in [0.15, 0.2) is 102 Å². The second-order valence-electron chi connectivity index (χ2n) is 11.4. The quantitative estimate of drug-likeness (QED) is 0.154. The van der Waals surface area contributed by atoms with Crippen LogP contribution in [0.4, 0.5) is 24.5 Å². The molecule has 1 aliphatic carbocycles. The van der Waals surface area contributed by atoms with E-state index in [0.717, 1.165) is 40.3 Å². The van der Waals surface area contributed by atoms with Gasteiger partial charge in [-0.15, -0.1) is 0 Å². The Labute approximate surface area is 266 Å². The van der Waals surface area contributed by atoms with Crippen LogP contribution in [0, 0.1) is 17.2 Å². The number of methoxy groups -OCH3 is 1. The van der Waals surface area contributed by atoms with Crippen LogP contribution >= 0.6 is 0 Å².